The predicted octanol–water partition coefficient (Wildman–Crippen LogP) is 3.29. The molecule has 144 valence electrons. The van der Waals surface area contributed by atoms with Gasteiger partial charge in [0, 0.05) is 50.4 Å². The molecule has 3 aliphatic rings. The second-order valence-electron chi connectivity index (χ2n) is 8.25. The van der Waals surface area contributed by atoms with Crippen molar-refractivity contribution >= 4 is 22.6 Å². The molecule has 6 nitrogen and oxygen atoms in total. The lowest BCUT2D eigenvalue weighted by atomic mass is 10.0. The quantitative estimate of drug-likeness (QED) is 0.873. The second kappa shape index (κ2) is 6.34. The highest BCUT2D eigenvalue weighted by Crippen LogP contribution is 2.27. The molecule has 0 radical (unpaired) electrons. The highest BCUT2D eigenvalue weighted by molar-refractivity contribution is 6.00. The molecule has 1 N–H and O–H groups in total. The first-order valence-electron chi connectivity index (χ1n) is 9.80. The molecule has 0 aliphatic carbocycles. The molecule has 0 saturated carbocycles. The number of oxazole rings is 1. The van der Waals surface area contributed by atoms with Crippen LogP contribution in [-0.4, -0.2) is 52.3 Å². The topological polar surface area (TPSA) is 56.9 Å². The molecule has 5 rings (SSSR count). The number of nitrogens with one attached hydrogen (secondary N) is 1. The number of fused-ring (bicyclic) bond motifs is 2. The molecule has 0 amide bonds. The molecule has 0 spiro atoms. The van der Waals surface area contributed by atoms with Gasteiger partial charge in [-0.1, -0.05) is 6.07 Å². The highest BCUT2D eigenvalue weighted by Gasteiger charge is 2.28. The largest absolute Gasteiger partial charge is 0.441 e. The number of allylic oxidation sites excluding steroid dienone is 1. The lowest BCUT2D eigenvalue weighted by Gasteiger charge is -2.42. The van der Waals surface area contributed by atoms with E-state index >= 15 is 0 Å². The van der Waals surface area contributed by atoms with Crippen LogP contribution in [0, 0.1) is 6.92 Å². The van der Waals surface area contributed by atoms with Crippen LogP contribution in [0.2, 0.25) is 0 Å². The molecule has 3 aliphatic heterocycles. The molecule has 2 aromatic rings. The van der Waals surface area contributed by atoms with Crippen molar-refractivity contribution in [2.24, 2.45) is 4.99 Å². The first kappa shape index (κ1) is 17.3. The fourth-order valence-electron chi connectivity index (χ4n) is 4.06. The van der Waals surface area contributed by atoms with Crippen molar-refractivity contribution < 1.29 is 4.42 Å². The number of nitrogens with zero attached hydrogens (tertiary/aromatic N) is 4. The van der Waals surface area contributed by atoms with E-state index in [1.807, 2.05) is 19.1 Å². The van der Waals surface area contributed by atoms with E-state index in [9.17, 15) is 0 Å². The van der Waals surface area contributed by atoms with Gasteiger partial charge < -0.3 is 19.5 Å². The zero-order valence-electron chi connectivity index (χ0n) is 16.6. The Morgan fingerprint density at radius 3 is 2.96 bits per heavy atom. The molecule has 0 bridgehead atoms. The normalized spacial score (nSPS) is 21.3. The molecular formula is C22H25N5O. The summed E-state index contributed by atoms with van der Waals surface area (Å²) in [4.78, 5) is 13.9. The lowest BCUT2D eigenvalue weighted by molar-refractivity contribution is 0.193. The van der Waals surface area contributed by atoms with Crippen molar-refractivity contribution in [1.82, 2.24) is 20.1 Å². The number of hydrogen-bond donors (Lipinski definition) is 1. The van der Waals surface area contributed by atoms with Crippen LogP contribution in [0.15, 0.2) is 57.7 Å². The zero-order valence-corrected chi connectivity index (χ0v) is 16.6. The number of aliphatic imine (C=N–C) groups is 1. The smallest absolute Gasteiger partial charge is 0.192 e. The summed E-state index contributed by atoms with van der Waals surface area (Å²) >= 11 is 0. The van der Waals surface area contributed by atoms with E-state index in [0.717, 1.165) is 54.4 Å². The number of benzene rings is 1. The summed E-state index contributed by atoms with van der Waals surface area (Å²) in [6.45, 7) is 10.2. The molecule has 6 heteroatoms. The molecule has 28 heavy (non-hydrogen) atoms. The van der Waals surface area contributed by atoms with E-state index in [1.54, 1.807) is 0 Å². The first-order valence-corrected chi connectivity index (χ1v) is 9.80. The van der Waals surface area contributed by atoms with Gasteiger partial charge in [0.1, 0.15) is 11.4 Å². The maximum absolute atomic E-state index is 5.67. The summed E-state index contributed by atoms with van der Waals surface area (Å²) < 4.78 is 5.67. The summed E-state index contributed by atoms with van der Waals surface area (Å²) in [5.74, 6) is 1.66. The van der Waals surface area contributed by atoms with Gasteiger partial charge in [-0.05, 0) is 44.2 Å². The molecule has 1 saturated heterocycles. The van der Waals surface area contributed by atoms with Crippen LogP contribution in [0.25, 0.3) is 16.8 Å². The monoisotopic (exact) mass is 375 g/mol. The van der Waals surface area contributed by atoms with Gasteiger partial charge in [0.2, 0.25) is 0 Å². The van der Waals surface area contributed by atoms with Crippen molar-refractivity contribution in [3.8, 4) is 0 Å². The summed E-state index contributed by atoms with van der Waals surface area (Å²) in [6.07, 6.45) is 8.69. The van der Waals surface area contributed by atoms with Gasteiger partial charge in [-0.15, -0.1) is 0 Å². The first-order chi connectivity index (χ1) is 13.5. The molecule has 4 heterocycles. The van der Waals surface area contributed by atoms with Crippen LogP contribution in [0.5, 0.6) is 0 Å². The van der Waals surface area contributed by atoms with Crippen molar-refractivity contribution in [2.75, 3.05) is 26.2 Å². The number of rotatable bonds is 2. The third kappa shape index (κ3) is 3.14. The van der Waals surface area contributed by atoms with Crippen LogP contribution in [0.4, 0.5) is 0 Å². The van der Waals surface area contributed by atoms with Crippen LogP contribution in [0.3, 0.4) is 0 Å². The molecule has 1 fully saturated rings. The Morgan fingerprint density at radius 2 is 2.11 bits per heavy atom. The minimum absolute atomic E-state index is 0.133. The third-order valence-corrected chi connectivity index (χ3v) is 5.43. The molecule has 1 aromatic heterocycles. The van der Waals surface area contributed by atoms with Gasteiger partial charge in [0.15, 0.2) is 11.5 Å². The zero-order chi connectivity index (χ0) is 19.3. The molecule has 1 aromatic carbocycles. The third-order valence-electron chi connectivity index (χ3n) is 5.43. The van der Waals surface area contributed by atoms with E-state index in [4.69, 9.17) is 9.41 Å². The van der Waals surface area contributed by atoms with E-state index in [2.05, 4.69) is 64.4 Å². The minimum Gasteiger partial charge on any atom is -0.441 e. The Balaban J connectivity index is 1.38. The number of aryl methyl sites for hydroxylation is 1. The number of hydrogen-bond acceptors (Lipinski definition) is 6. The van der Waals surface area contributed by atoms with Crippen LogP contribution in [0.1, 0.15) is 25.3 Å². The van der Waals surface area contributed by atoms with Crippen molar-refractivity contribution in [3.63, 3.8) is 0 Å². The van der Waals surface area contributed by atoms with Crippen LogP contribution >= 0.6 is 0 Å². The molecule has 0 unspecified atom stereocenters. The lowest BCUT2D eigenvalue weighted by Crippen LogP contribution is -2.56. The van der Waals surface area contributed by atoms with Gasteiger partial charge in [-0.2, -0.15) is 0 Å². The predicted molar refractivity (Wildman–Crippen MR) is 112 cm³/mol. The molecular weight excluding hydrogens is 350 g/mol. The summed E-state index contributed by atoms with van der Waals surface area (Å²) in [5, 5.41) is 3.57. The van der Waals surface area contributed by atoms with E-state index < -0.39 is 0 Å². The minimum atomic E-state index is 0.133. The van der Waals surface area contributed by atoms with Crippen LogP contribution in [-0.2, 0) is 0 Å². The average molecular weight is 375 g/mol. The van der Waals surface area contributed by atoms with Gasteiger partial charge >= 0.3 is 0 Å². The van der Waals surface area contributed by atoms with Gasteiger partial charge in [0.25, 0.3) is 0 Å². The number of piperazine rings is 1. The van der Waals surface area contributed by atoms with Gasteiger partial charge in [0.05, 0.1) is 11.4 Å². The fourth-order valence-corrected chi connectivity index (χ4v) is 4.06. The second-order valence-corrected chi connectivity index (χ2v) is 8.25. The summed E-state index contributed by atoms with van der Waals surface area (Å²) in [7, 11) is 0. The Morgan fingerprint density at radius 1 is 1.21 bits per heavy atom. The average Bonchev–Trinajstić information content (AvgIpc) is 3.05. The van der Waals surface area contributed by atoms with Gasteiger partial charge in [-0.3, -0.25) is 0 Å². The number of aromatic nitrogens is 1. The van der Waals surface area contributed by atoms with Crippen molar-refractivity contribution in [3.05, 3.63) is 59.8 Å². The fraction of sp³-hybridized carbons (Fsp3) is 0.364. The van der Waals surface area contributed by atoms with E-state index in [1.165, 1.54) is 5.70 Å². The van der Waals surface area contributed by atoms with Crippen molar-refractivity contribution in [2.45, 2.75) is 26.3 Å². The van der Waals surface area contributed by atoms with Crippen LogP contribution < -0.4 is 5.32 Å². The Kier molecular flexibility index (Phi) is 3.91. The van der Waals surface area contributed by atoms with E-state index in [0.29, 0.717) is 5.89 Å². The summed E-state index contributed by atoms with van der Waals surface area (Å²) in [5.41, 5.74) is 5.12. The molecule has 0 atom stereocenters. The maximum atomic E-state index is 5.67. The van der Waals surface area contributed by atoms with E-state index in [-0.39, 0.29) is 5.54 Å². The Labute approximate surface area is 164 Å². The van der Waals surface area contributed by atoms with Gasteiger partial charge in [-0.25, -0.2) is 9.98 Å². The summed E-state index contributed by atoms with van der Waals surface area (Å²) in [6, 6.07) is 6.08. The maximum Gasteiger partial charge on any atom is 0.192 e. The Bertz CT molecular complexity index is 1060. The standard InChI is InChI=1S/C22H25N5O/c1-15-24-19-6-4-16(12-20(19)28-15)18-8-10-26-13-17(5-7-21(26)25-18)27-11-9-23-22(2,3)14-27/h4-8,12-13,23H,9-11,14H2,1-3H3. The number of amidine groups is 1. The SMILES string of the molecule is Cc1nc2ccc(C3=CCN4C=C(N5CCNC(C)(C)C5)C=CC4=N3)cc2o1. The van der Waals surface area contributed by atoms with Crippen molar-refractivity contribution in [1.29, 1.82) is 0 Å². The Hall–Kier alpha value is -2.86. The highest BCUT2D eigenvalue weighted by atomic mass is 16.3.